The van der Waals surface area contributed by atoms with Gasteiger partial charge < -0.3 is 5.32 Å². The Bertz CT molecular complexity index is 605. The van der Waals surface area contributed by atoms with Crippen LogP contribution in [0.2, 0.25) is 0 Å². The van der Waals surface area contributed by atoms with Gasteiger partial charge in [0.2, 0.25) is 10.0 Å². The van der Waals surface area contributed by atoms with Crippen molar-refractivity contribution < 1.29 is 8.42 Å². The molecule has 1 saturated carbocycles. The fourth-order valence-electron chi connectivity index (χ4n) is 2.73. The molecule has 1 fully saturated rings. The van der Waals surface area contributed by atoms with Crippen molar-refractivity contribution >= 4 is 10.0 Å². The van der Waals surface area contributed by atoms with Gasteiger partial charge in [0.25, 0.3) is 0 Å². The molecule has 120 valence electrons. The van der Waals surface area contributed by atoms with Crippen molar-refractivity contribution in [3.05, 3.63) is 11.4 Å². The van der Waals surface area contributed by atoms with E-state index in [2.05, 4.69) is 10.4 Å². The van der Waals surface area contributed by atoms with Crippen LogP contribution in [0.3, 0.4) is 0 Å². The second kappa shape index (κ2) is 6.06. The summed E-state index contributed by atoms with van der Waals surface area (Å²) < 4.78 is 29.1. The number of hydrogen-bond acceptors (Lipinski definition) is 4. The van der Waals surface area contributed by atoms with Gasteiger partial charge in [-0.25, -0.2) is 8.42 Å². The number of rotatable bonds is 7. The van der Waals surface area contributed by atoms with E-state index in [4.69, 9.17) is 0 Å². The second-order valence-corrected chi connectivity index (χ2v) is 7.86. The molecule has 1 atom stereocenters. The average Bonchev–Trinajstić information content (AvgIpc) is 3.21. The Hall–Kier alpha value is -0.920. The Balaban J connectivity index is 2.33. The van der Waals surface area contributed by atoms with Gasteiger partial charge >= 0.3 is 0 Å². The van der Waals surface area contributed by atoms with E-state index in [1.54, 1.807) is 18.7 Å². The lowest BCUT2D eigenvalue weighted by Crippen LogP contribution is -2.36. The Kier molecular flexibility index (Phi) is 4.75. The zero-order valence-electron chi connectivity index (χ0n) is 13.5. The van der Waals surface area contributed by atoms with E-state index in [1.165, 1.54) is 4.31 Å². The van der Waals surface area contributed by atoms with Crippen LogP contribution in [-0.4, -0.2) is 49.2 Å². The first-order valence-corrected chi connectivity index (χ1v) is 8.91. The summed E-state index contributed by atoms with van der Waals surface area (Å²) in [6.07, 6.45) is 2.25. The summed E-state index contributed by atoms with van der Waals surface area (Å²) in [5.74, 6) is 0.504. The molecule has 1 aliphatic rings. The van der Waals surface area contributed by atoms with Crippen LogP contribution in [0.5, 0.6) is 0 Å². The molecule has 0 bridgehead atoms. The molecule has 1 aromatic rings. The summed E-state index contributed by atoms with van der Waals surface area (Å²) in [6.45, 7) is 7.02. The zero-order valence-corrected chi connectivity index (χ0v) is 14.4. The summed E-state index contributed by atoms with van der Waals surface area (Å²) in [5, 5.41) is 7.44. The Labute approximate surface area is 127 Å². The maximum atomic E-state index is 12.9. The maximum Gasteiger partial charge on any atom is 0.246 e. The van der Waals surface area contributed by atoms with Crippen molar-refractivity contribution in [1.82, 2.24) is 19.4 Å². The van der Waals surface area contributed by atoms with Crippen LogP contribution in [0.4, 0.5) is 0 Å². The zero-order chi connectivity index (χ0) is 15.8. The fourth-order valence-corrected chi connectivity index (χ4v) is 4.52. The number of nitrogens with one attached hydrogen (secondary N) is 1. The Morgan fingerprint density at radius 2 is 2.05 bits per heavy atom. The third kappa shape index (κ3) is 3.14. The highest BCUT2D eigenvalue weighted by molar-refractivity contribution is 7.89. The van der Waals surface area contributed by atoms with Crippen molar-refractivity contribution in [2.45, 2.75) is 51.1 Å². The van der Waals surface area contributed by atoms with Gasteiger partial charge in [-0.15, -0.1) is 0 Å². The van der Waals surface area contributed by atoms with Gasteiger partial charge in [0.15, 0.2) is 0 Å². The summed E-state index contributed by atoms with van der Waals surface area (Å²) in [4.78, 5) is 0.369. The summed E-state index contributed by atoms with van der Waals surface area (Å²) >= 11 is 0. The molecule has 0 amide bonds. The van der Waals surface area contributed by atoms with E-state index in [-0.39, 0.29) is 6.04 Å². The SMILES string of the molecule is CNCCn1nc(C)c(S(=O)(=O)N(C)C(C)C2CC2)c1C. The summed E-state index contributed by atoms with van der Waals surface area (Å²) in [5.41, 5.74) is 1.30. The molecule has 6 nitrogen and oxygen atoms in total. The molecule has 21 heavy (non-hydrogen) atoms. The molecular formula is C14H26N4O2S. The normalized spacial score (nSPS) is 17.4. The molecule has 2 rings (SSSR count). The van der Waals surface area contributed by atoms with Crippen molar-refractivity contribution in [3.63, 3.8) is 0 Å². The molecular weight excluding hydrogens is 288 g/mol. The van der Waals surface area contributed by atoms with Crippen molar-refractivity contribution in [2.75, 3.05) is 20.6 Å². The fraction of sp³-hybridized carbons (Fsp3) is 0.786. The van der Waals surface area contributed by atoms with Crippen LogP contribution in [0.15, 0.2) is 4.90 Å². The van der Waals surface area contributed by atoms with Gasteiger partial charge in [-0.2, -0.15) is 9.40 Å². The van der Waals surface area contributed by atoms with Crippen LogP contribution in [0, 0.1) is 19.8 Å². The molecule has 1 unspecified atom stereocenters. The molecule has 1 aliphatic carbocycles. The van der Waals surface area contributed by atoms with Crippen molar-refractivity contribution in [3.8, 4) is 0 Å². The molecule has 0 radical (unpaired) electrons. The lowest BCUT2D eigenvalue weighted by atomic mass is 10.2. The molecule has 1 aromatic heterocycles. The molecule has 1 heterocycles. The van der Waals surface area contributed by atoms with E-state index in [0.29, 0.717) is 23.1 Å². The van der Waals surface area contributed by atoms with Crippen LogP contribution < -0.4 is 5.32 Å². The van der Waals surface area contributed by atoms with E-state index < -0.39 is 10.0 Å². The van der Waals surface area contributed by atoms with Gasteiger partial charge in [0, 0.05) is 19.6 Å². The number of likely N-dealkylation sites (N-methyl/N-ethyl adjacent to an activating group) is 1. The maximum absolute atomic E-state index is 12.9. The van der Waals surface area contributed by atoms with Gasteiger partial charge in [-0.05, 0) is 46.6 Å². The lowest BCUT2D eigenvalue weighted by Gasteiger charge is -2.24. The summed E-state index contributed by atoms with van der Waals surface area (Å²) in [7, 11) is 0.0730. The van der Waals surface area contributed by atoms with E-state index in [0.717, 1.165) is 25.1 Å². The highest BCUT2D eigenvalue weighted by Crippen LogP contribution is 2.37. The third-order valence-corrected chi connectivity index (χ3v) is 6.60. The van der Waals surface area contributed by atoms with E-state index in [1.807, 2.05) is 20.9 Å². The molecule has 0 saturated heterocycles. The quantitative estimate of drug-likeness (QED) is 0.819. The van der Waals surface area contributed by atoms with Crippen LogP contribution in [0.25, 0.3) is 0 Å². The third-order valence-electron chi connectivity index (χ3n) is 4.40. The van der Waals surface area contributed by atoms with Gasteiger partial charge in [0.1, 0.15) is 4.90 Å². The van der Waals surface area contributed by atoms with Crippen LogP contribution >= 0.6 is 0 Å². The molecule has 1 N–H and O–H groups in total. The van der Waals surface area contributed by atoms with Crippen molar-refractivity contribution in [2.24, 2.45) is 5.92 Å². The number of nitrogens with zero attached hydrogens (tertiary/aromatic N) is 3. The summed E-state index contributed by atoms with van der Waals surface area (Å²) in [6, 6.07) is 0.0504. The van der Waals surface area contributed by atoms with E-state index in [9.17, 15) is 8.42 Å². The predicted octanol–water partition coefficient (Wildman–Crippen LogP) is 1.14. The van der Waals surface area contributed by atoms with E-state index >= 15 is 0 Å². The number of hydrogen-bond donors (Lipinski definition) is 1. The minimum Gasteiger partial charge on any atom is -0.318 e. The first-order valence-electron chi connectivity index (χ1n) is 7.47. The topological polar surface area (TPSA) is 67.2 Å². The van der Waals surface area contributed by atoms with Crippen LogP contribution in [0.1, 0.15) is 31.2 Å². The highest BCUT2D eigenvalue weighted by atomic mass is 32.2. The molecule has 0 aromatic carbocycles. The minimum absolute atomic E-state index is 0.0504. The first-order chi connectivity index (χ1) is 9.80. The van der Waals surface area contributed by atoms with Gasteiger partial charge in [-0.3, -0.25) is 4.68 Å². The Morgan fingerprint density at radius 1 is 1.43 bits per heavy atom. The minimum atomic E-state index is -3.48. The number of aromatic nitrogens is 2. The average molecular weight is 314 g/mol. The van der Waals surface area contributed by atoms with Gasteiger partial charge in [0.05, 0.1) is 17.9 Å². The first kappa shape index (κ1) is 16.5. The number of aryl methyl sites for hydroxylation is 1. The number of sulfonamides is 1. The van der Waals surface area contributed by atoms with Crippen LogP contribution in [-0.2, 0) is 16.6 Å². The Morgan fingerprint density at radius 3 is 2.57 bits per heavy atom. The molecule has 0 aliphatic heterocycles. The molecule has 7 heteroatoms. The monoisotopic (exact) mass is 314 g/mol. The highest BCUT2D eigenvalue weighted by Gasteiger charge is 2.38. The smallest absolute Gasteiger partial charge is 0.246 e. The lowest BCUT2D eigenvalue weighted by molar-refractivity contribution is 0.356. The predicted molar refractivity (Wildman–Crippen MR) is 82.8 cm³/mol. The largest absolute Gasteiger partial charge is 0.318 e. The van der Waals surface area contributed by atoms with Crippen molar-refractivity contribution in [1.29, 1.82) is 0 Å². The molecule has 0 spiro atoms. The second-order valence-electron chi connectivity index (χ2n) is 5.93. The van der Waals surface area contributed by atoms with Gasteiger partial charge in [-0.1, -0.05) is 0 Å². The standard InChI is InChI=1S/C14H26N4O2S/c1-10-14(12(3)18(16-10)9-8-15-4)21(19,20)17(5)11(2)13-6-7-13/h11,13,15H,6-9H2,1-5H3.